The lowest BCUT2D eigenvalue weighted by Crippen LogP contribution is -2.43. The molecule has 1 aliphatic heterocycles. The lowest BCUT2D eigenvalue weighted by Gasteiger charge is -2.21. The average Bonchev–Trinajstić information content (AvgIpc) is 3.19. The van der Waals surface area contributed by atoms with Gasteiger partial charge in [-0.2, -0.15) is 0 Å². The molecule has 8 nitrogen and oxygen atoms in total. The topological polar surface area (TPSA) is 97.3 Å². The van der Waals surface area contributed by atoms with E-state index in [2.05, 4.69) is 5.32 Å². The van der Waals surface area contributed by atoms with Gasteiger partial charge in [0.05, 0.1) is 45.6 Å². The van der Waals surface area contributed by atoms with Crippen LogP contribution in [-0.2, 0) is 16.0 Å². The van der Waals surface area contributed by atoms with Crippen LogP contribution in [0.4, 0.5) is 5.69 Å². The maximum atomic E-state index is 12.8. The van der Waals surface area contributed by atoms with Crippen molar-refractivity contribution < 1.29 is 28.9 Å². The van der Waals surface area contributed by atoms with E-state index in [0.29, 0.717) is 29.4 Å². The molecule has 1 fully saturated rings. The highest BCUT2D eigenvalue weighted by Gasteiger charge is 2.36. The number of hydrogen-bond acceptors (Lipinski definition) is 6. The monoisotopic (exact) mass is 428 g/mol. The predicted octanol–water partition coefficient (Wildman–Crippen LogP) is 1.79. The van der Waals surface area contributed by atoms with E-state index in [-0.39, 0.29) is 31.4 Å². The predicted molar refractivity (Wildman–Crippen MR) is 116 cm³/mol. The second-order valence-electron chi connectivity index (χ2n) is 7.37. The third kappa shape index (κ3) is 5.08. The molecule has 2 amide bonds. The number of carbonyl (C=O) groups excluding carboxylic acids is 2. The van der Waals surface area contributed by atoms with Gasteiger partial charge in [-0.1, -0.05) is 30.3 Å². The van der Waals surface area contributed by atoms with Crippen LogP contribution in [0.1, 0.15) is 12.0 Å². The Balaban J connectivity index is 1.71. The van der Waals surface area contributed by atoms with E-state index >= 15 is 0 Å². The Hall–Kier alpha value is -3.26. The number of aliphatic hydroxyl groups excluding tert-OH is 1. The smallest absolute Gasteiger partial charge is 0.227 e. The molecule has 0 saturated carbocycles. The van der Waals surface area contributed by atoms with Crippen molar-refractivity contribution in [1.82, 2.24) is 5.32 Å². The van der Waals surface area contributed by atoms with Crippen molar-refractivity contribution in [1.29, 1.82) is 0 Å². The molecule has 166 valence electrons. The Labute approximate surface area is 181 Å². The molecule has 8 heteroatoms. The lowest BCUT2D eigenvalue weighted by atomic mass is 10.0. The molecule has 2 aromatic carbocycles. The number of aliphatic hydroxyl groups is 1. The second-order valence-corrected chi connectivity index (χ2v) is 7.37. The van der Waals surface area contributed by atoms with Gasteiger partial charge in [0.25, 0.3) is 0 Å². The summed E-state index contributed by atoms with van der Waals surface area (Å²) in [6, 6.07) is 12.6. The van der Waals surface area contributed by atoms with Crippen LogP contribution in [0.15, 0.2) is 42.5 Å². The molecule has 2 aromatic rings. The number of ether oxygens (including phenoxy) is 3. The molecule has 2 N–H and O–H groups in total. The van der Waals surface area contributed by atoms with Gasteiger partial charge in [-0.05, 0) is 12.0 Å². The van der Waals surface area contributed by atoms with E-state index in [1.807, 2.05) is 30.3 Å². The fourth-order valence-electron chi connectivity index (χ4n) is 3.73. The largest absolute Gasteiger partial charge is 0.493 e. The Morgan fingerprint density at radius 2 is 1.77 bits per heavy atom. The SMILES string of the molecule is COc1cc(N2C[C@@H](C(=O)N[C@@H](CO)Cc3ccccc3)CC2=O)cc(OC)c1OC. The quantitative estimate of drug-likeness (QED) is 0.632. The Morgan fingerprint density at radius 3 is 2.32 bits per heavy atom. The number of carbonyl (C=O) groups is 2. The second kappa shape index (κ2) is 10.2. The molecule has 3 rings (SSSR count). The first-order chi connectivity index (χ1) is 15.0. The molecule has 2 atom stereocenters. The first-order valence-corrected chi connectivity index (χ1v) is 10.1. The summed E-state index contributed by atoms with van der Waals surface area (Å²) in [6.45, 7) is 0.0463. The van der Waals surface area contributed by atoms with Crippen LogP contribution >= 0.6 is 0 Å². The third-order valence-electron chi connectivity index (χ3n) is 5.35. The first kappa shape index (κ1) is 22.4. The highest BCUT2D eigenvalue weighted by molar-refractivity contribution is 6.00. The van der Waals surface area contributed by atoms with E-state index in [0.717, 1.165) is 5.56 Å². The van der Waals surface area contributed by atoms with Gasteiger partial charge in [0.1, 0.15) is 0 Å². The summed E-state index contributed by atoms with van der Waals surface area (Å²) in [7, 11) is 4.52. The number of anilines is 1. The van der Waals surface area contributed by atoms with E-state index in [1.165, 1.54) is 21.3 Å². The number of methoxy groups -OCH3 is 3. The zero-order valence-corrected chi connectivity index (χ0v) is 18.0. The number of rotatable bonds is 9. The van der Waals surface area contributed by atoms with Crippen molar-refractivity contribution in [2.75, 3.05) is 39.4 Å². The fraction of sp³-hybridized carbons (Fsp3) is 0.391. The number of amides is 2. The molecule has 0 unspecified atom stereocenters. The molecule has 1 saturated heterocycles. The van der Waals surface area contributed by atoms with E-state index < -0.39 is 12.0 Å². The fourth-order valence-corrected chi connectivity index (χ4v) is 3.73. The van der Waals surface area contributed by atoms with Gasteiger partial charge in [-0.15, -0.1) is 0 Å². The third-order valence-corrected chi connectivity index (χ3v) is 5.35. The maximum absolute atomic E-state index is 12.8. The number of hydrogen-bond donors (Lipinski definition) is 2. The minimum Gasteiger partial charge on any atom is -0.493 e. The van der Waals surface area contributed by atoms with Gasteiger partial charge in [0.2, 0.25) is 17.6 Å². The van der Waals surface area contributed by atoms with Crippen molar-refractivity contribution >= 4 is 17.5 Å². The zero-order valence-electron chi connectivity index (χ0n) is 18.0. The van der Waals surface area contributed by atoms with Crippen molar-refractivity contribution in [2.45, 2.75) is 18.9 Å². The normalized spacial score (nSPS) is 16.7. The number of benzene rings is 2. The summed E-state index contributed by atoms with van der Waals surface area (Å²) >= 11 is 0. The van der Waals surface area contributed by atoms with Crippen LogP contribution in [-0.4, -0.2) is 57.4 Å². The molecular formula is C23H28N2O6. The average molecular weight is 428 g/mol. The highest BCUT2D eigenvalue weighted by Crippen LogP contribution is 2.42. The van der Waals surface area contributed by atoms with Crippen LogP contribution < -0.4 is 24.4 Å². The minimum absolute atomic E-state index is 0.0893. The lowest BCUT2D eigenvalue weighted by molar-refractivity contribution is -0.127. The summed E-state index contributed by atoms with van der Waals surface area (Å²) in [4.78, 5) is 27.0. The summed E-state index contributed by atoms with van der Waals surface area (Å²) in [6.07, 6.45) is 0.603. The number of nitrogens with one attached hydrogen (secondary N) is 1. The van der Waals surface area contributed by atoms with Crippen LogP contribution in [0.25, 0.3) is 0 Å². The van der Waals surface area contributed by atoms with Crippen molar-refractivity contribution in [3.63, 3.8) is 0 Å². The standard InChI is InChI=1S/C23H28N2O6/c1-29-19-11-18(12-20(30-2)22(19)31-3)25-13-16(10-21(25)27)23(28)24-17(14-26)9-15-7-5-4-6-8-15/h4-8,11-12,16-17,26H,9-10,13-14H2,1-3H3,(H,24,28)/t16-,17+/m0/s1. The number of nitrogens with zero attached hydrogens (tertiary/aromatic N) is 1. The molecule has 31 heavy (non-hydrogen) atoms. The molecule has 0 spiro atoms. The molecule has 1 heterocycles. The van der Waals surface area contributed by atoms with Gasteiger partial charge in [0.15, 0.2) is 11.5 Å². The van der Waals surface area contributed by atoms with Gasteiger partial charge in [0, 0.05) is 25.1 Å². The van der Waals surface area contributed by atoms with Crippen LogP contribution in [0.2, 0.25) is 0 Å². The minimum atomic E-state index is -0.517. The summed E-state index contributed by atoms with van der Waals surface area (Å²) < 4.78 is 16.1. The van der Waals surface area contributed by atoms with Gasteiger partial charge < -0.3 is 29.5 Å². The Bertz CT molecular complexity index is 893. The van der Waals surface area contributed by atoms with Gasteiger partial charge >= 0.3 is 0 Å². The van der Waals surface area contributed by atoms with Crippen LogP contribution in [0, 0.1) is 5.92 Å². The van der Waals surface area contributed by atoms with Crippen molar-refractivity contribution in [2.24, 2.45) is 5.92 Å². The molecule has 1 aliphatic rings. The van der Waals surface area contributed by atoms with Crippen molar-refractivity contribution in [3.8, 4) is 17.2 Å². The Morgan fingerprint density at radius 1 is 1.13 bits per heavy atom. The van der Waals surface area contributed by atoms with Crippen LogP contribution in [0.3, 0.4) is 0 Å². The van der Waals surface area contributed by atoms with E-state index in [4.69, 9.17) is 14.2 Å². The summed E-state index contributed by atoms with van der Waals surface area (Å²) in [5.74, 6) is 0.357. The molecule has 0 aliphatic carbocycles. The van der Waals surface area contributed by atoms with E-state index in [9.17, 15) is 14.7 Å². The maximum Gasteiger partial charge on any atom is 0.227 e. The summed E-state index contributed by atoms with van der Waals surface area (Å²) in [5, 5.41) is 12.6. The first-order valence-electron chi connectivity index (χ1n) is 10.1. The Kier molecular flexibility index (Phi) is 7.36. The highest BCUT2D eigenvalue weighted by atomic mass is 16.5. The molecule has 0 bridgehead atoms. The van der Waals surface area contributed by atoms with Crippen molar-refractivity contribution in [3.05, 3.63) is 48.0 Å². The zero-order chi connectivity index (χ0) is 22.4. The molecule has 0 aromatic heterocycles. The molecular weight excluding hydrogens is 400 g/mol. The van der Waals surface area contributed by atoms with Gasteiger partial charge in [-0.25, -0.2) is 0 Å². The summed E-state index contributed by atoms with van der Waals surface area (Å²) in [5.41, 5.74) is 1.58. The van der Waals surface area contributed by atoms with E-state index in [1.54, 1.807) is 17.0 Å². The van der Waals surface area contributed by atoms with Gasteiger partial charge in [-0.3, -0.25) is 9.59 Å². The molecule has 0 radical (unpaired) electrons. The van der Waals surface area contributed by atoms with Crippen LogP contribution in [0.5, 0.6) is 17.2 Å².